The van der Waals surface area contributed by atoms with E-state index in [1.165, 1.54) is 0 Å². The highest BCUT2D eigenvalue weighted by Gasteiger charge is 2.28. The van der Waals surface area contributed by atoms with E-state index in [4.69, 9.17) is 39.9 Å². The Labute approximate surface area is 222 Å². The number of nitrogens with one attached hydrogen (secondary N) is 2. The number of hydrogen-bond donors (Lipinski definition) is 2. The van der Waals surface area contributed by atoms with E-state index >= 15 is 0 Å². The number of benzene rings is 2. The molecule has 9 nitrogen and oxygen atoms in total. The molecule has 1 saturated heterocycles. The maximum Gasteiger partial charge on any atom is 0.286 e. The molecule has 0 bridgehead atoms. The van der Waals surface area contributed by atoms with E-state index in [1.807, 2.05) is 17.1 Å². The van der Waals surface area contributed by atoms with Crippen molar-refractivity contribution in [3.05, 3.63) is 74.6 Å². The van der Waals surface area contributed by atoms with Crippen LogP contribution in [0.5, 0.6) is 0 Å². The van der Waals surface area contributed by atoms with Gasteiger partial charge in [-0.05, 0) is 53.6 Å². The molecule has 4 aromatic rings. The summed E-state index contributed by atoms with van der Waals surface area (Å²) in [6, 6.07) is 12.5. The highest BCUT2D eigenvalue weighted by atomic mass is 35.5. The standard InChI is InChI=1S/C24H23Cl3N8O/c25-16-7-5-15(6-8-16)23-18(14-21-28-32-33-29-21)22(24(36)31-34-11-3-1-2-4-12-34)30-35(23)20-10-9-17(26)13-19(20)27/h5-10,13H,1-4,11-12,14H2,(H,31,36)(H,28,29,32,33). The van der Waals surface area contributed by atoms with Crippen molar-refractivity contribution in [3.8, 4) is 16.9 Å². The van der Waals surface area contributed by atoms with Gasteiger partial charge in [0.1, 0.15) is 0 Å². The molecule has 0 spiro atoms. The molecule has 0 atom stereocenters. The Morgan fingerprint density at radius 3 is 2.36 bits per heavy atom. The molecule has 1 aliphatic heterocycles. The molecule has 1 aliphatic rings. The summed E-state index contributed by atoms with van der Waals surface area (Å²) in [4.78, 5) is 13.6. The number of aromatic nitrogens is 6. The summed E-state index contributed by atoms with van der Waals surface area (Å²) in [5.41, 5.74) is 6.01. The molecule has 186 valence electrons. The van der Waals surface area contributed by atoms with Crippen LogP contribution in [0.1, 0.15) is 47.6 Å². The van der Waals surface area contributed by atoms with Crippen molar-refractivity contribution in [2.45, 2.75) is 32.1 Å². The van der Waals surface area contributed by atoms with Crippen molar-refractivity contribution in [3.63, 3.8) is 0 Å². The van der Waals surface area contributed by atoms with Crippen molar-refractivity contribution in [2.24, 2.45) is 0 Å². The van der Waals surface area contributed by atoms with Crippen LogP contribution in [0.3, 0.4) is 0 Å². The number of tetrazole rings is 1. The first-order valence-corrected chi connectivity index (χ1v) is 12.7. The Morgan fingerprint density at radius 1 is 0.972 bits per heavy atom. The fraction of sp³-hybridized carbons (Fsp3) is 0.292. The lowest BCUT2D eigenvalue weighted by Gasteiger charge is -2.20. The summed E-state index contributed by atoms with van der Waals surface area (Å²) in [6.45, 7) is 1.59. The topological polar surface area (TPSA) is 105 Å². The number of nitrogens with zero attached hydrogens (tertiary/aromatic N) is 6. The molecule has 1 fully saturated rings. The van der Waals surface area contributed by atoms with Gasteiger partial charge in [-0.25, -0.2) is 14.8 Å². The van der Waals surface area contributed by atoms with Crippen LogP contribution in [0.15, 0.2) is 42.5 Å². The third-order valence-electron chi connectivity index (χ3n) is 6.05. The van der Waals surface area contributed by atoms with Gasteiger partial charge in [-0.15, -0.1) is 5.10 Å². The minimum absolute atomic E-state index is 0.249. The summed E-state index contributed by atoms with van der Waals surface area (Å²) < 4.78 is 1.67. The summed E-state index contributed by atoms with van der Waals surface area (Å²) in [6.07, 6.45) is 4.61. The Hall–Kier alpha value is -2.98. The highest BCUT2D eigenvalue weighted by molar-refractivity contribution is 6.35. The zero-order valence-electron chi connectivity index (χ0n) is 19.2. The molecule has 0 radical (unpaired) electrons. The molecule has 0 unspecified atom stereocenters. The van der Waals surface area contributed by atoms with Crippen LogP contribution in [0, 0.1) is 0 Å². The van der Waals surface area contributed by atoms with E-state index in [-0.39, 0.29) is 18.0 Å². The van der Waals surface area contributed by atoms with E-state index in [2.05, 4.69) is 26.0 Å². The molecule has 5 rings (SSSR count). The second kappa shape index (κ2) is 11.0. The molecule has 36 heavy (non-hydrogen) atoms. The first-order valence-electron chi connectivity index (χ1n) is 11.6. The van der Waals surface area contributed by atoms with Gasteiger partial charge in [-0.1, -0.05) is 59.8 Å². The maximum absolute atomic E-state index is 13.6. The number of rotatable bonds is 6. The number of halogens is 3. The lowest BCUT2D eigenvalue weighted by Crippen LogP contribution is -2.43. The molecule has 3 heterocycles. The molecular formula is C24H23Cl3N8O. The van der Waals surface area contributed by atoms with Crippen LogP contribution >= 0.6 is 34.8 Å². The Balaban J connectivity index is 1.67. The molecule has 12 heteroatoms. The van der Waals surface area contributed by atoms with Gasteiger partial charge in [0, 0.05) is 40.7 Å². The lowest BCUT2D eigenvalue weighted by atomic mass is 10.0. The van der Waals surface area contributed by atoms with Crippen LogP contribution < -0.4 is 5.43 Å². The minimum atomic E-state index is -0.307. The van der Waals surface area contributed by atoms with Crippen molar-refractivity contribution >= 4 is 40.7 Å². The normalized spacial score (nSPS) is 14.5. The average molecular weight is 546 g/mol. The number of amides is 1. The summed E-state index contributed by atoms with van der Waals surface area (Å²) in [5, 5.41) is 22.4. The summed E-state index contributed by atoms with van der Waals surface area (Å²) in [7, 11) is 0. The van der Waals surface area contributed by atoms with Crippen LogP contribution in [-0.2, 0) is 6.42 Å². The quantitative estimate of drug-likeness (QED) is 0.348. The highest BCUT2D eigenvalue weighted by Crippen LogP contribution is 2.34. The van der Waals surface area contributed by atoms with Gasteiger partial charge >= 0.3 is 0 Å². The number of carbonyl (C=O) groups excluding carboxylic acids is 1. The lowest BCUT2D eigenvalue weighted by molar-refractivity contribution is 0.0787. The first kappa shape index (κ1) is 24.7. The van der Waals surface area contributed by atoms with Gasteiger partial charge in [-0.3, -0.25) is 10.2 Å². The van der Waals surface area contributed by atoms with Gasteiger partial charge in [-0.2, -0.15) is 5.10 Å². The number of aromatic amines is 1. The van der Waals surface area contributed by atoms with Crippen molar-refractivity contribution in [2.75, 3.05) is 13.1 Å². The zero-order chi connectivity index (χ0) is 25.1. The van der Waals surface area contributed by atoms with Crippen LogP contribution in [-0.4, -0.2) is 54.4 Å². The van der Waals surface area contributed by atoms with Gasteiger partial charge in [0.2, 0.25) is 0 Å². The Bertz CT molecular complexity index is 1350. The first-order chi connectivity index (χ1) is 17.5. The van der Waals surface area contributed by atoms with E-state index in [1.54, 1.807) is 35.0 Å². The average Bonchev–Trinajstić information content (AvgIpc) is 3.42. The molecule has 2 N–H and O–H groups in total. The van der Waals surface area contributed by atoms with E-state index in [9.17, 15) is 4.79 Å². The summed E-state index contributed by atoms with van der Waals surface area (Å²) >= 11 is 18.9. The zero-order valence-corrected chi connectivity index (χ0v) is 21.5. The third-order valence-corrected chi connectivity index (χ3v) is 6.84. The van der Waals surface area contributed by atoms with Crippen LogP contribution in [0.2, 0.25) is 15.1 Å². The van der Waals surface area contributed by atoms with E-state index in [0.29, 0.717) is 37.8 Å². The van der Waals surface area contributed by atoms with E-state index < -0.39 is 0 Å². The van der Waals surface area contributed by atoms with Crippen molar-refractivity contribution < 1.29 is 4.79 Å². The van der Waals surface area contributed by atoms with Crippen molar-refractivity contribution in [1.82, 2.24) is 40.8 Å². The van der Waals surface area contributed by atoms with E-state index in [0.717, 1.165) is 44.3 Å². The number of H-pyrrole nitrogens is 1. The number of carbonyl (C=O) groups is 1. The third kappa shape index (κ3) is 5.39. The molecule has 1 amide bonds. The fourth-order valence-corrected chi connectivity index (χ4v) is 4.95. The van der Waals surface area contributed by atoms with Crippen LogP contribution in [0.4, 0.5) is 0 Å². The second-order valence-corrected chi connectivity index (χ2v) is 9.84. The fourth-order valence-electron chi connectivity index (χ4n) is 4.33. The smallest absolute Gasteiger partial charge is 0.283 e. The number of hydrogen-bond acceptors (Lipinski definition) is 6. The Morgan fingerprint density at radius 2 is 1.69 bits per heavy atom. The van der Waals surface area contributed by atoms with Crippen LogP contribution in [0.25, 0.3) is 16.9 Å². The molecule has 2 aromatic heterocycles. The largest absolute Gasteiger partial charge is 0.286 e. The molecule has 2 aromatic carbocycles. The number of hydrazine groups is 1. The van der Waals surface area contributed by atoms with Gasteiger partial charge in [0.25, 0.3) is 5.91 Å². The monoisotopic (exact) mass is 544 g/mol. The Kier molecular flexibility index (Phi) is 7.52. The molecule has 0 saturated carbocycles. The summed E-state index contributed by atoms with van der Waals surface area (Å²) in [5.74, 6) is 0.189. The minimum Gasteiger partial charge on any atom is -0.283 e. The van der Waals surface area contributed by atoms with Gasteiger partial charge in [0.15, 0.2) is 11.5 Å². The van der Waals surface area contributed by atoms with Gasteiger partial charge < -0.3 is 0 Å². The predicted octanol–water partition coefficient (Wildman–Crippen LogP) is 5.12. The maximum atomic E-state index is 13.6. The molecule has 0 aliphatic carbocycles. The molecular weight excluding hydrogens is 523 g/mol. The predicted molar refractivity (Wildman–Crippen MR) is 139 cm³/mol. The van der Waals surface area contributed by atoms with Crippen molar-refractivity contribution in [1.29, 1.82) is 0 Å². The van der Waals surface area contributed by atoms with Gasteiger partial charge in [0.05, 0.1) is 16.4 Å². The SMILES string of the molecule is O=C(NN1CCCCCC1)c1nn(-c2ccc(Cl)cc2Cl)c(-c2ccc(Cl)cc2)c1Cc1nnn[nH]1. The second-order valence-electron chi connectivity index (χ2n) is 8.56.